The molecule has 2 aromatic carbocycles. The maximum Gasteiger partial charge on any atom is 0.0471 e. The Labute approximate surface area is 111 Å². The molecule has 0 fully saturated rings. The number of rotatable bonds is 4. The van der Waals surface area contributed by atoms with Gasteiger partial charge in [0.15, 0.2) is 0 Å². The molecule has 0 spiro atoms. The summed E-state index contributed by atoms with van der Waals surface area (Å²) in [5, 5.41) is 20.8. The highest BCUT2D eigenvalue weighted by Crippen LogP contribution is 2.30. The quantitative estimate of drug-likeness (QED) is 0.670. The lowest BCUT2D eigenvalue weighted by Crippen LogP contribution is -2.01. The van der Waals surface area contributed by atoms with E-state index in [1.54, 1.807) is 0 Å². The molecule has 3 rings (SSSR count). The maximum atomic E-state index is 9.31. The SMILES string of the molecule is OCCc1ccc2[nH]c3ccccc3c2c1CCO. The van der Waals surface area contributed by atoms with Gasteiger partial charge in [-0.1, -0.05) is 24.3 Å². The zero-order valence-corrected chi connectivity index (χ0v) is 10.7. The predicted octanol–water partition coefficient (Wildman–Crippen LogP) is 2.39. The van der Waals surface area contributed by atoms with E-state index in [1.807, 2.05) is 18.2 Å². The van der Waals surface area contributed by atoms with Crippen LogP contribution < -0.4 is 0 Å². The molecule has 0 aliphatic heterocycles. The summed E-state index contributed by atoms with van der Waals surface area (Å²) in [4.78, 5) is 3.40. The Hall–Kier alpha value is -1.84. The molecule has 1 aromatic heterocycles. The van der Waals surface area contributed by atoms with E-state index in [2.05, 4.69) is 23.2 Å². The van der Waals surface area contributed by atoms with Crippen molar-refractivity contribution in [3.05, 3.63) is 47.5 Å². The second kappa shape index (κ2) is 5.03. The van der Waals surface area contributed by atoms with E-state index in [0.717, 1.165) is 22.2 Å². The molecule has 3 N–H and O–H groups in total. The smallest absolute Gasteiger partial charge is 0.0471 e. The van der Waals surface area contributed by atoms with Crippen molar-refractivity contribution in [2.24, 2.45) is 0 Å². The number of aromatic amines is 1. The van der Waals surface area contributed by atoms with E-state index in [9.17, 15) is 10.2 Å². The van der Waals surface area contributed by atoms with Crippen LogP contribution >= 0.6 is 0 Å². The van der Waals surface area contributed by atoms with Crippen LogP contribution in [0.4, 0.5) is 0 Å². The largest absolute Gasteiger partial charge is 0.396 e. The van der Waals surface area contributed by atoms with Crippen molar-refractivity contribution in [3.63, 3.8) is 0 Å². The molecule has 0 saturated carbocycles. The van der Waals surface area contributed by atoms with Crippen LogP contribution in [0.5, 0.6) is 0 Å². The molecule has 0 bridgehead atoms. The number of aromatic nitrogens is 1. The van der Waals surface area contributed by atoms with E-state index in [-0.39, 0.29) is 13.2 Å². The van der Waals surface area contributed by atoms with Gasteiger partial charge < -0.3 is 15.2 Å². The normalized spacial score (nSPS) is 11.5. The summed E-state index contributed by atoms with van der Waals surface area (Å²) >= 11 is 0. The van der Waals surface area contributed by atoms with Gasteiger partial charge in [0.05, 0.1) is 0 Å². The molecular weight excluding hydrogens is 238 g/mol. The number of nitrogens with one attached hydrogen (secondary N) is 1. The number of aliphatic hydroxyl groups is 2. The fourth-order valence-electron chi connectivity index (χ4n) is 2.81. The van der Waals surface area contributed by atoms with Gasteiger partial charge in [0.1, 0.15) is 0 Å². The minimum atomic E-state index is 0.122. The summed E-state index contributed by atoms with van der Waals surface area (Å²) in [7, 11) is 0. The molecule has 0 aliphatic carbocycles. The molecule has 0 aliphatic rings. The van der Waals surface area contributed by atoms with Crippen LogP contribution in [0, 0.1) is 0 Å². The van der Waals surface area contributed by atoms with Crippen molar-refractivity contribution < 1.29 is 10.2 Å². The Kier molecular flexibility index (Phi) is 3.23. The standard InChI is InChI=1S/C16H17NO2/c18-9-7-11-5-6-15-16(12(11)8-10-19)13-3-1-2-4-14(13)17-15/h1-6,17-19H,7-10H2. The lowest BCUT2D eigenvalue weighted by atomic mass is 9.96. The third-order valence-corrected chi connectivity index (χ3v) is 3.62. The van der Waals surface area contributed by atoms with E-state index < -0.39 is 0 Å². The van der Waals surface area contributed by atoms with Gasteiger partial charge in [-0.3, -0.25) is 0 Å². The summed E-state index contributed by atoms with van der Waals surface area (Å²) in [5.41, 5.74) is 4.46. The van der Waals surface area contributed by atoms with Crippen molar-refractivity contribution >= 4 is 21.8 Å². The fraction of sp³-hybridized carbons (Fsp3) is 0.250. The summed E-state index contributed by atoms with van der Waals surface area (Å²) in [5.74, 6) is 0. The summed E-state index contributed by atoms with van der Waals surface area (Å²) in [6.45, 7) is 0.253. The Morgan fingerprint density at radius 1 is 0.842 bits per heavy atom. The highest BCUT2D eigenvalue weighted by Gasteiger charge is 2.12. The molecule has 98 valence electrons. The van der Waals surface area contributed by atoms with Crippen molar-refractivity contribution in [1.82, 2.24) is 4.98 Å². The van der Waals surface area contributed by atoms with Gasteiger partial charge in [0, 0.05) is 35.0 Å². The van der Waals surface area contributed by atoms with Gasteiger partial charge >= 0.3 is 0 Å². The zero-order chi connectivity index (χ0) is 13.2. The molecule has 0 saturated heterocycles. The molecule has 0 atom stereocenters. The van der Waals surface area contributed by atoms with Crippen molar-refractivity contribution in [2.75, 3.05) is 13.2 Å². The molecule has 3 nitrogen and oxygen atoms in total. The second-order valence-electron chi connectivity index (χ2n) is 4.74. The van der Waals surface area contributed by atoms with Crippen LogP contribution in [-0.4, -0.2) is 28.4 Å². The van der Waals surface area contributed by atoms with E-state index >= 15 is 0 Å². The maximum absolute atomic E-state index is 9.31. The molecule has 3 heteroatoms. The molecule has 1 heterocycles. The average molecular weight is 255 g/mol. The predicted molar refractivity (Wildman–Crippen MR) is 77.4 cm³/mol. The van der Waals surface area contributed by atoms with Gasteiger partial charge in [-0.25, -0.2) is 0 Å². The van der Waals surface area contributed by atoms with Gasteiger partial charge in [-0.2, -0.15) is 0 Å². The number of para-hydroxylation sites is 1. The van der Waals surface area contributed by atoms with Crippen LogP contribution in [0.25, 0.3) is 21.8 Å². The Morgan fingerprint density at radius 2 is 1.63 bits per heavy atom. The fourth-order valence-corrected chi connectivity index (χ4v) is 2.81. The first-order chi connectivity index (χ1) is 9.35. The van der Waals surface area contributed by atoms with Crippen molar-refractivity contribution in [2.45, 2.75) is 12.8 Å². The minimum Gasteiger partial charge on any atom is -0.396 e. The van der Waals surface area contributed by atoms with Crippen molar-refractivity contribution in [3.8, 4) is 0 Å². The highest BCUT2D eigenvalue weighted by molar-refractivity contribution is 6.09. The van der Waals surface area contributed by atoms with E-state index in [0.29, 0.717) is 12.8 Å². The molecule has 0 unspecified atom stereocenters. The number of benzene rings is 2. The number of hydrogen-bond acceptors (Lipinski definition) is 2. The summed E-state index contributed by atoms with van der Waals surface area (Å²) in [6.07, 6.45) is 1.25. The Bertz CT molecular complexity index is 715. The summed E-state index contributed by atoms with van der Waals surface area (Å²) < 4.78 is 0. The number of H-pyrrole nitrogens is 1. The first kappa shape index (κ1) is 12.2. The molecule has 0 amide bonds. The lowest BCUT2D eigenvalue weighted by molar-refractivity contribution is 0.293. The lowest BCUT2D eigenvalue weighted by Gasteiger charge is -2.09. The van der Waals surface area contributed by atoms with Crippen LogP contribution in [-0.2, 0) is 12.8 Å². The Morgan fingerprint density at radius 3 is 2.42 bits per heavy atom. The molecular formula is C16H17NO2. The third-order valence-electron chi connectivity index (χ3n) is 3.62. The first-order valence-electron chi connectivity index (χ1n) is 6.58. The molecule has 19 heavy (non-hydrogen) atoms. The van der Waals surface area contributed by atoms with Gasteiger partial charge in [-0.05, 0) is 36.1 Å². The van der Waals surface area contributed by atoms with E-state index in [4.69, 9.17) is 0 Å². The topological polar surface area (TPSA) is 56.2 Å². The van der Waals surface area contributed by atoms with Crippen LogP contribution in [0.15, 0.2) is 36.4 Å². The zero-order valence-electron chi connectivity index (χ0n) is 10.7. The van der Waals surface area contributed by atoms with E-state index in [1.165, 1.54) is 10.8 Å². The van der Waals surface area contributed by atoms with Gasteiger partial charge in [-0.15, -0.1) is 0 Å². The second-order valence-corrected chi connectivity index (χ2v) is 4.74. The van der Waals surface area contributed by atoms with Crippen LogP contribution in [0.1, 0.15) is 11.1 Å². The van der Waals surface area contributed by atoms with Gasteiger partial charge in [0.25, 0.3) is 0 Å². The monoisotopic (exact) mass is 255 g/mol. The molecule has 0 radical (unpaired) electrons. The first-order valence-corrected chi connectivity index (χ1v) is 6.58. The highest BCUT2D eigenvalue weighted by atomic mass is 16.3. The Balaban J connectivity index is 2.35. The van der Waals surface area contributed by atoms with Crippen LogP contribution in [0.2, 0.25) is 0 Å². The number of hydrogen-bond donors (Lipinski definition) is 3. The molecule has 3 aromatic rings. The van der Waals surface area contributed by atoms with Crippen LogP contribution in [0.3, 0.4) is 0 Å². The third kappa shape index (κ3) is 2.01. The number of aliphatic hydroxyl groups excluding tert-OH is 2. The summed E-state index contributed by atoms with van der Waals surface area (Å²) in [6, 6.07) is 12.3. The van der Waals surface area contributed by atoms with Crippen molar-refractivity contribution in [1.29, 1.82) is 0 Å². The van der Waals surface area contributed by atoms with Gasteiger partial charge in [0.2, 0.25) is 0 Å². The number of fused-ring (bicyclic) bond motifs is 3. The average Bonchev–Trinajstić information content (AvgIpc) is 2.80. The minimum absolute atomic E-state index is 0.122.